The molecule has 0 aliphatic rings. The Hall–Kier alpha value is -4.14. The van der Waals surface area contributed by atoms with Gasteiger partial charge in [-0.05, 0) is 18.2 Å². The van der Waals surface area contributed by atoms with Crippen molar-refractivity contribution in [1.29, 1.82) is 0 Å². The van der Waals surface area contributed by atoms with E-state index in [-0.39, 0.29) is 5.69 Å². The molecule has 0 aliphatic carbocycles. The highest BCUT2D eigenvalue weighted by Crippen LogP contribution is 2.22. The molecule has 154 valence electrons. The molecule has 0 bridgehead atoms. The van der Waals surface area contributed by atoms with Crippen LogP contribution < -0.4 is 16.2 Å². The molecule has 1 atom stereocenters. The summed E-state index contributed by atoms with van der Waals surface area (Å²) in [5, 5.41) is 23.9. The van der Waals surface area contributed by atoms with Gasteiger partial charge < -0.3 is 25.4 Å². The predicted octanol–water partition coefficient (Wildman–Crippen LogP) is 2.49. The van der Waals surface area contributed by atoms with E-state index in [0.29, 0.717) is 11.4 Å². The van der Waals surface area contributed by atoms with Crippen molar-refractivity contribution >= 4 is 17.7 Å². The average molecular weight is 408 g/mol. The van der Waals surface area contributed by atoms with Crippen LogP contribution in [0.3, 0.4) is 0 Å². The van der Waals surface area contributed by atoms with Crippen LogP contribution in [-0.2, 0) is 11.8 Å². The third kappa shape index (κ3) is 4.82. The quantitative estimate of drug-likeness (QED) is 0.495. The number of hydrogen-bond donors (Lipinski definition) is 4. The molecule has 2 amide bonds. The summed E-state index contributed by atoms with van der Waals surface area (Å²) in [5.41, 5.74) is 0.900. The maximum absolute atomic E-state index is 12.4. The lowest BCUT2D eigenvalue weighted by molar-refractivity contribution is -0.137. The van der Waals surface area contributed by atoms with Gasteiger partial charge >= 0.3 is 12.0 Å². The van der Waals surface area contributed by atoms with Gasteiger partial charge in [-0.2, -0.15) is 0 Å². The van der Waals surface area contributed by atoms with E-state index in [4.69, 9.17) is 0 Å². The minimum Gasteiger partial charge on any atom is -0.505 e. The number of carboxylic acids is 1. The molecule has 0 saturated carbocycles. The summed E-state index contributed by atoms with van der Waals surface area (Å²) in [7, 11) is 1.47. The number of nitrogens with one attached hydrogen (secondary N) is 2. The van der Waals surface area contributed by atoms with Crippen LogP contribution >= 0.6 is 0 Å². The minimum absolute atomic E-state index is 0.308. The summed E-state index contributed by atoms with van der Waals surface area (Å²) < 4.78 is 1.19. The van der Waals surface area contributed by atoms with E-state index in [1.165, 1.54) is 23.9 Å². The van der Waals surface area contributed by atoms with Gasteiger partial charge in [-0.15, -0.1) is 0 Å². The fourth-order valence-corrected chi connectivity index (χ4v) is 2.86. The molecule has 0 spiro atoms. The van der Waals surface area contributed by atoms with Gasteiger partial charge in [0.05, 0.1) is 23.9 Å². The number of aryl methyl sites for hydroxylation is 1. The van der Waals surface area contributed by atoms with Gasteiger partial charge in [0.2, 0.25) is 0 Å². The fraction of sp³-hybridized carbons (Fsp3) is 0.143. The Kier molecular flexibility index (Phi) is 6.11. The molecule has 3 aromatic rings. The standard InChI is InChI=1S/C21H20N4O5/c1-25-11-10-17(26)19(20(25)29)24-21(30)23-16(12-18(27)28)15-9-5-8-14(22-15)13-6-3-2-4-7-13/h2-11,16,26H,12H2,1H3,(H,27,28)(H2,23,24,30)/t16-/m0/s1. The summed E-state index contributed by atoms with van der Waals surface area (Å²) in [6, 6.07) is 13.9. The number of urea groups is 1. The van der Waals surface area contributed by atoms with Crippen LogP contribution in [-0.4, -0.2) is 31.8 Å². The lowest BCUT2D eigenvalue weighted by atomic mass is 10.1. The number of aliphatic carboxylic acids is 1. The Morgan fingerprint density at radius 2 is 1.83 bits per heavy atom. The van der Waals surface area contributed by atoms with Crippen molar-refractivity contribution in [3.8, 4) is 17.0 Å². The molecule has 2 heterocycles. The van der Waals surface area contributed by atoms with Gasteiger partial charge in [0.25, 0.3) is 5.56 Å². The van der Waals surface area contributed by atoms with Crippen LogP contribution in [0.25, 0.3) is 11.3 Å². The van der Waals surface area contributed by atoms with Crippen molar-refractivity contribution in [2.45, 2.75) is 12.5 Å². The van der Waals surface area contributed by atoms with E-state index in [2.05, 4.69) is 15.6 Å². The van der Waals surface area contributed by atoms with Crippen molar-refractivity contribution < 1.29 is 19.8 Å². The Bertz CT molecular complexity index is 1130. The maximum Gasteiger partial charge on any atom is 0.320 e. The number of carbonyl (C=O) groups excluding carboxylic acids is 1. The summed E-state index contributed by atoms with van der Waals surface area (Å²) in [6.07, 6.45) is 0.935. The second-order valence-corrected chi connectivity index (χ2v) is 6.55. The molecule has 30 heavy (non-hydrogen) atoms. The summed E-state index contributed by atoms with van der Waals surface area (Å²) in [5.74, 6) is -1.53. The number of benzene rings is 1. The van der Waals surface area contributed by atoms with Crippen molar-refractivity contribution in [1.82, 2.24) is 14.9 Å². The normalized spacial score (nSPS) is 11.5. The predicted molar refractivity (Wildman–Crippen MR) is 110 cm³/mol. The minimum atomic E-state index is -1.13. The zero-order valence-electron chi connectivity index (χ0n) is 16.1. The van der Waals surface area contributed by atoms with Crippen LogP contribution in [0.15, 0.2) is 65.6 Å². The highest BCUT2D eigenvalue weighted by molar-refractivity contribution is 5.91. The number of carboxylic acid groups (broad SMARTS) is 1. The third-order valence-electron chi connectivity index (χ3n) is 4.37. The smallest absolute Gasteiger partial charge is 0.320 e. The number of hydrogen-bond acceptors (Lipinski definition) is 5. The molecular weight excluding hydrogens is 388 g/mol. The fourth-order valence-electron chi connectivity index (χ4n) is 2.86. The summed E-state index contributed by atoms with van der Waals surface area (Å²) >= 11 is 0. The molecule has 1 aromatic carbocycles. The van der Waals surface area contributed by atoms with E-state index >= 15 is 0 Å². The first-order valence-corrected chi connectivity index (χ1v) is 9.05. The first kappa shape index (κ1) is 20.6. The van der Waals surface area contributed by atoms with Gasteiger partial charge in [-0.1, -0.05) is 36.4 Å². The molecule has 0 fully saturated rings. The average Bonchev–Trinajstić information content (AvgIpc) is 2.74. The number of carbonyl (C=O) groups is 2. The van der Waals surface area contributed by atoms with Crippen molar-refractivity contribution in [2.75, 3.05) is 5.32 Å². The van der Waals surface area contributed by atoms with Gasteiger partial charge in [0, 0.05) is 18.8 Å². The first-order valence-electron chi connectivity index (χ1n) is 9.05. The first-order chi connectivity index (χ1) is 14.3. The number of rotatable bonds is 6. The van der Waals surface area contributed by atoms with E-state index in [0.717, 1.165) is 5.56 Å². The third-order valence-corrected chi connectivity index (χ3v) is 4.37. The highest BCUT2D eigenvalue weighted by atomic mass is 16.4. The number of nitrogens with zero attached hydrogens (tertiary/aromatic N) is 2. The summed E-state index contributed by atoms with van der Waals surface area (Å²) in [4.78, 5) is 40.4. The maximum atomic E-state index is 12.4. The van der Waals surface area contributed by atoms with E-state index in [1.807, 2.05) is 30.3 Å². The number of amides is 2. The summed E-state index contributed by atoms with van der Waals surface area (Å²) in [6.45, 7) is 0. The molecule has 0 radical (unpaired) electrons. The van der Waals surface area contributed by atoms with Crippen LogP contribution in [0.4, 0.5) is 10.5 Å². The second kappa shape index (κ2) is 8.91. The monoisotopic (exact) mass is 408 g/mol. The van der Waals surface area contributed by atoms with Crippen molar-refractivity contribution in [3.63, 3.8) is 0 Å². The number of aromatic nitrogens is 2. The largest absolute Gasteiger partial charge is 0.505 e. The highest BCUT2D eigenvalue weighted by Gasteiger charge is 2.21. The molecule has 0 unspecified atom stereocenters. The molecular formula is C21H20N4O5. The number of anilines is 1. The van der Waals surface area contributed by atoms with Crippen LogP contribution in [0.2, 0.25) is 0 Å². The Balaban J connectivity index is 1.85. The van der Waals surface area contributed by atoms with Gasteiger partial charge in [0.1, 0.15) is 5.75 Å². The van der Waals surface area contributed by atoms with E-state index < -0.39 is 35.8 Å². The van der Waals surface area contributed by atoms with Gasteiger partial charge in [-0.25, -0.2) is 4.79 Å². The van der Waals surface area contributed by atoms with Crippen molar-refractivity contribution in [3.05, 3.63) is 76.8 Å². The van der Waals surface area contributed by atoms with Crippen LogP contribution in [0.1, 0.15) is 18.2 Å². The Morgan fingerprint density at radius 1 is 1.10 bits per heavy atom. The molecule has 4 N–H and O–H groups in total. The molecule has 0 saturated heterocycles. The zero-order valence-corrected chi connectivity index (χ0v) is 16.1. The van der Waals surface area contributed by atoms with Crippen LogP contribution in [0.5, 0.6) is 5.75 Å². The topological polar surface area (TPSA) is 134 Å². The lowest BCUT2D eigenvalue weighted by Gasteiger charge is -2.18. The lowest BCUT2D eigenvalue weighted by Crippen LogP contribution is -2.36. The molecule has 9 nitrogen and oxygen atoms in total. The molecule has 3 rings (SSSR count). The van der Waals surface area contributed by atoms with E-state index in [1.54, 1.807) is 18.2 Å². The number of pyridine rings is 2. The Morgan fingerprint density at radius 3 is 2.53 bits per heavy atom. The zero-order chi connectivity index (χ0) is 21.7. The van der Waals surface area contributed by atoms with Crippen molar-refractivity contribution in [2.24, 2.45) is 7.05 Å². The molecule has 9 heteroatoms. The SMILES string of the molecule is Cn1ccc(O)c(NC(=O)N[C@@H](CC(=O)O)c2cccc(-c3ccccc3)n2)c1=O. The van der Waals surface area contributed by atoms with Gasteiger partial charge in [-0.3, -0.25) is 14.6 Å². The molecule has 2 aromatic heterocycles. The second-order valence-electron chi connectivity index (χ2n) is 6.55. The number of aromatic hydroxyl groups is 1. The van der Waals surface area contributed by atoms with E-state index in [9.17, 15) is 24.6 Å². The van der Waals surface area contributed by atoms with Crippen LogP contribution in [0, 0.1) is 0 Å². The molecule has 0 aliphatic heterocycles. The van der Waals surface area contributed by atoms with Gasteiger partial charge in [0.15, 0.2) is 5.69 Å². The Labute approximate surface area is 171 Å².